The fourth-order valence-electron chi connectivity index (χ4n) is 1.81. The van der Waals surface area contributed by atoms with Crippen molar-refractivity contribution in [3.05, 3.63) is 34.6 Å². The van der Waals surface area contributed by atoms with E-state index < -0.39 is 17.9 Å². The zero-order chi connectivity index (χ0) is 15.8. The minimum atomic E-state index is -0.711. The van der Waals surface area contributed by atoms with Gasteiger partial charge >= 0.3 is 6.03 Å². The summed E-state index contributed by atoms with van der Waals surface area (Å²) in [6.07, 6.45) is 0.709. The third kappa shape index (κ3) is 5.49. The van der Waals surface area contributed by atoms with Crippen molar-refractivity contribution in [2.45, 2.75) is 25.4 Å². The predicted molar refractivity (Wildman–Crippen MR) is 78.9 cm³/mol. The van der Waals surface area contributed by atoms with E-state index >= 15 is 0 Å². The minimum absolute atomic E-state index is 0.00830. The predicted octanol–water partition coefficient (Wildman–Crippen LogP) is 2.24. The van der Waals surface area contributed by atoms with Crippen LogP contribution in [0, 0.1) is 5.82 Å². The first-order valence-corrected chi connectivity index (χ1v) is 7.01. The normalized spacial score (nSPS) is 13.6. The largest absolute Gasteiger partial charge is 0.394 e. The SMILES string of the molecule is CCC(COC)NC(=O)NC(CO)c1ccc(Cl)c(F)c1. The van der Waals surface area contributed by atoms with Crippen LogP contribution < -0.4 is 10.6 Å². The molecule has 118 valence electrons. The quantitative estimate of drug-likeness (QED) is 0.722. The Hall–Kier alpha value is -1.37. The maximum atomic E-state index is 13.4. The summed E-state index contributed by atoms with van der Waals surface area (Å²) in [5.41, 5.74) is 0.439. The van der Waals surface area contributed by atoms with Crippen molar-refractivity contribution in [2.24, 2.45) is 0 Å². The second-order valence-corrected chi connectivity index (χ2v) is 4.99. The molecule has 2 unspecified atom stereocenters. The molecule has 21 heavy (non-hydrogen) atoms. The second-order valence-electron chi connectivity index (χ2n) is 4.59. The zero-order valence-electron chi connectivity index (χ0n) is 12.0. The van der Waals surface area contributed by atoms with Crippen LogP contribution in [0.25, 0.3) is 0 Å². The lowest BCUT2D eigenvalue weighted by molar-refractivity contribution is 0.161. The number of halogens is 2. The van der Waals surface area contributed by atoms with Crippen LogP contribution in [0.1, 0.15) is 24.9 Å². The molecular formula is C14H20ClFN2O3. The van der Waals surface area contributed by atoms with Gasteiger partial charge in [-0.05, 0) is 24.1 Å². The van der Waals surface area contributed by atoms with Crippen LogP contribution in [0.15, 0.2) is 18.2 Å². The Morgan fingerprint density at radius 2 is 2.19 bits per heavy atom. The summed E-state index contributed by atoms with van der Waals surface area (Å²) >= 11 is 5.61. The molecular weight excluding hydrogens is 299 g/mol. The van der Waals surface area contributed by atoms with Crippen LogP contribution in [0.3, 0.4) is 0 Å². The number of aliphatic hydroxyl groups is 1. The summed E-state index contributed by atoms with van der Waals surface area (Å²) in [7, 11) is 1.55. The highest BCUT2D eigenvalue weighted by molar-refractivity contribution is 6.30. The number of urea groups is 1. The van der Waals surface area contributed by atoms with Gasteiger partial charge in [-0.25, -0.2) is 9.18 Å². The van der Waals surface area contributed by atoms with E-state index in [4.69, 9.17) is 16.3 Å². The van der Waals surface area contributed by atoms with Gasteiger partial charge in [-0.3, -0.25) is 0 Å². The first kappa shape index (κ1) is 17.7. The van der Waals surface area contributed by atoms with Crippen molar-refractivity contribution in [1.29, 1.82) is 0 Å². The number of benzene rings is 1. The van der Waals surface area contributed by atoms with E-state index in [0.29, 0.717) is 18.6 Å². The third-order valence-corrected chi connectivity index (χ3v) is 3.34. The van der Waals surface area contributed by atoms with E-state index in [1.165, 1.54) is 12.1 Å². The Morgan fingerprint density at radius 1 is 1.48 bits per heavy atom. The Kier molecular flexibility index (Phi) is 7.42. The van der Waals surface area contributed by atoms with Crippen LogP contribution >= 0.6 is 11.6 Å². The van der Waals surface area contributed by atoms with E-state index in [0.717, 1.165) is 0 Å². The van der Waals surface area contributed by atoms with E-state index in [-0.39, 0.29) is 17.7 Å². The van der Waals surface area contributed by atoms with E-state index in [9.17, 15) is 14.3 Å². The maximum absolute atomic E-state index is 13.4. The van der Waals surface area contributed by atoms with Gasteiger partial charge < -0.3 is 20.5 Å². The van der Waals surface area contributed by atoms with Gasteiger partial charge in [-0.1, -0.05) is 24.6 Å². The molecule has 3 N–H and O–H groups in total. The van der Waals surface area contributed by atoms with Gasteiger partial charge in [0.15, 0.2) is 0 Å². The molecule has 0 aliphatic heterocycles. The number of hydrogen-bond acceptors (Lipinski definition) is 3. The molecule has 0 spiro atoms. The zero-order valence-corrected chi connectivity index (χ0v) is 12.8. The van der Waals surface area contributed by atoms with E-state index in [1.807, 2.05) is 6.92 Å². The summed E-state index contributed by atoms with van der Waals surface area (Å²) in [4.78, 5) is 11.9. The third-order valence-electron chi connectivity index (χ3n) is 3.03. The highest BCUT2D eigenvalue weighted by atomic mass is 35.5. The van der Waals surface area contributed by atoms with Crippen molar-refractivity contribution < 1.29 is 19.0 Å². The Bertz CT molecular complexity index is 474. The Morgan fingerprint density at radius 3 is 2.71 bits per heavy atom. The number of rotatable bonds is 7. The molecule has 7 heteroatoms. The number of ether oxygens (including phenoxy) is 1. The molecule has 1 rings (SSSR count). The molecule has 2 amide bonds. The molecule has 0 bridgehead atoms. The molecule has 1 aromatic rings. The number of aliphatic hydroxyl groups excluding tert-OH is 1. The number of carbonyl (C=O) groups is 1. The number of methoxy groups -OCH3 is 1. The summed E-state index contributed by atoms with van der Waals surface area (Å²) in [6, 6.07) is 2.84. The van der Waals surface area contributed by atoms with Gasteiger partial charge in [0.05, 0.1) is 30.3 Å². The van der Waals surface area contributed by atoms with E-state index in [2.05, 4.69) is 10.6 Å². The van der Waals surface area contributed by atoms with Gasteiger partial charge in [0.25, 0.3) is 0 Å². The maximum Gasteiger partial charge on any atom is 0.315 e. The molecule has 5 nitrogen and oxygen atoms in total. The van der Waals surface area contributed by atoms with Gasteiger partial charge in [0.1, 0.15) is 5.82 Å². The van der Waals surface area contributed by atoms with E-state index in [1.54, 1.807) is 13.2 Å². The standard InChI is InChI=1S/C14H20ClFN2O3/c1-3-10(8-21-2)17-14(20)18-13(7-19)9-4-5-11(15)12(16)6-9/h4-6,10,13,19H,3,7-8H2,1-2H3,(H2,17,18,20). The Labute approximate surface area is 128 Å². The minimum Gasteiger partial charge on any atom is -0.394 e. The second kappa shape index (κ2) is 8.81. The molecule has 0 heterocycles. The molecule has 0 aromatic heterocycles. The molecule has 1 aromatic carbocycles. The molecule has 0 saturated heterocycles. The average molecular weight is 319 g/mol. The van der Waals surface area contributed by atoms with Crippen LogP contribution in [0.5, 0.6) is 0 Å². The fraction of sp³-hybridized carbons (Fsp3) is 0.500. The number of nitrogens with one attached hydrogen (secondary N) is 2. The van der Waals surface area contributed by atoms with Crippen LogP contribution in [0.4, 0.5) is 9.18 Å². The van der Waals surface area contributed by atoms with Crippen LogP contribution in [-0.4, -0.2) is 37.5 Å². The average Bonchev–Trinajstić information content (AvgIpc) is 2.47. The molecule has 0 radical (unpaired) electrons. The van der Waals surface area contributed by atoms with Gasteiger partial charge in [0.2, 0.25) is 0 Å². The van der Waals surface area contributed by atoms with Crippen LogP contribution in [-0.2, 0) is 4.74 Å². The molecule has 0 fully saturated rings. The number of hydrogen-bond donors (Lipinski definition) is 3. The summed E-state index contributed by atoms with van der Waals surface area (Å²) in [6.45, 7) is 1.96. The topological polar surface area (TPSA) is 70.6 Å². The van der Waals surface area contributed by atoms with Crippen molar-refractivity contribution >= 4 is 17.6 Å². The number of amides is 2. The lowest BCUT2D eigenvalue weighted by atomic mass is 10.1. The molecule has 0 aliphatic rings. The van der Waals surface area contributed by atoms with Gasteiger partial charge in [-0.2, -0.15) is 0 Å². The van der Waals surface area contributed by atoms with Crippen molar-refractivity contribution in [2.75, 3.05) is 20.3 Å². The lowest BCUT2D eigenvalue weighted by Crippen LogP contribution is -2.45. The van der Waals surface area contributed by atoms with Gasteiger partial charge in [0, 0.05) is 7.11 Å². The lowest BCUT2D eigenvalue weighted by Gasteiger charge is -2.21. The first-order valence-electron chi connectivity index (χ1n) is 6.63. The monoisotopic (exact) mass is 318 g/mol. The van der Waals surface area contributed by atoms with Crippen molar-refractivity contribution in [1.82, 2.24) is 10.6 Å². The molecule has 0 aliphatic carbocycles. The molecule has 0 saturated carbocycles. The molecule has 2 atom stereocenters. The fourth-order valence-corrected chi connectivity index (χ4v) is 1.93. The van der Waals surface area contributed by atoms with Gasteiger partial charge in [-0.15, -0.1) is 0 Å². The van der Waals surface area contributed by atoms with Crippen molar-refractivity contribution in [3.8, 4) is 0 Å². The van der Waals surface area contributed by atoms with Crippen molar-refractivity contribution in [3.63, 3.8) is 0 Å². The van der Waals surface area contributed by atoms with Crippen LogP contribution in [0.2, 0.25) is 5.02 Å². The summed E-state index contributed by atoms with van der Waals surface area (Å²) < 4.78 is 18.4. The Balaban J connectivity index is 2.68. The summed E-state index contributed by atoms with van der Waals surface area (Å²) in [5.74, 6) is -0.597. The first-order chi connectivity index (χ1) is 10.0. The number of carbonyl (C=O) groups excluding carboxylic acids is 1. The smallest absolute Gasteiger partial charge is 0.315 e. The summed E-state index contributed by atoms with van der Waals surface area (Å²) in [5, 5.41) is 14.7. The highest BCUT2D eigenvalue weighted by Gasteiger charge is 2.17. The highest BCUT2D eigenvalue weighted by Crippen LogP contribution is 2.20.